The van der Waals surface area contributed by atoms with Gasteiger partial charge in [0.15, 0.2) is 0 Å². The van der Waals surface area contributed by atoms with Crippen molar-refractivity contribution in [3.63, 3.8) is 0 Å². The van der Waals surface area contributed by atoms with E-state index in [1.807, 2.05) is 54.3 Å². The third kappa shape index (κ3) is 6.20. The number of carbonyl (C=O) groups excluding carboxylic acids is 1. The van der Waals surface area contributed by atoms with Gasteiger partial charge in [0.05, 0.1) is 31.3 Å². The predicted molar refractivity (Wildman–Crippen MR) is 143 cm³/mol. The van der Waals surface area contributed by atoms with Crippen molar-refractivity contribution in [2.24, 2.45) is 5.92 Å². The Morgan fingerprint density at radius 2 is 1.57 bits per heavy atom. The summed E-state index contributed by atoms with van der Waals surface area (Å²) in [4.78, 5) is 28.5. The number of hydrogen-bond donors (Lipinski definition) is 0. The summed E-state index contributed by atoms with van der Waals surface area (Å²) in [6.07, 6.45) is 1.42. The van der Waals surface area contributed by atoms with Crippen molar-refractivity contribution in [1.29, 1.82) is 0 Å². The molecule has 4 rings (SSSR count). The van der Waals surface area contributed by atoms with E-state index in [-0.39, 0.29) is 17.5 Å². The summed E-state index contributed by atoms with van der Waals surface area (Å²) in [5.41, 5.74) is 3.95. The molecule has 0 bridgehead atoms. The molecule has 0 saturated carbocycles. The van der Waals surface area contributed by atoms with Crippen molar-refractivity contribution >= 4 is 17.3 Å². The number of carbonyl (C=O) groups is 1. The molecule has 0 aliphatic carbocycles. The molecule has 1 heterocycles. The fraction of sp³-hybridized carbons (Fsp3) is 0.345. The zero-order chi connectivity index (χ0) is 26.4. The van der Waals surface area contributed by atoms with Crippen LogP contribution in [0.1, 0.15) is 29.5 Å². The number of amides is 1. The van der Waals surface area contributed by atoms with Crippen molar-refractivity contribution in [2.75, 3.05) is 32.2 Å². The predicted octanol–water partition coefficient (Wildman–Crippen LogP) is 5.37. The summed E-state index contributed by atoms with van der Waals surface area (Å²) in [6, 6.07) is 20.5. The van der Waals surface area contributed by atoms with Gasteiger partial charge in [-0.3, -0.25) is 14.9 Å². The summed E-state index contributed by atoms with van der Waals surface area (Å²) < 4.78 is 11.3. The Bertz CT molecular complexity index is 1200. The van der Waals surface area contributed by atoms with Gasteiger partial charge >= 0.3 is 0 Å². The number of aryl methyl sites for hydroxylation is 1. The molecule has 0 radical (unpaired) electrons. The Morgan fingerprint density at radius 1 is 0.973 bits per heavy atom. The Balaban J connectivity index is 1.52. The molecule has 1 amide bonds. The zero-order valence-electron chi connectivity index (χ0n) is 21.6. The minimum Gasteiger partial charge on any atom is -0.496 e. The third-order valence-corrected chi connectivity index (χ3v) is 6.90. The van der Waals surface area contributed by atoms with E-state index in [9.17, 15) is 14.9 Å². The average molecular weight is 504 g/mol. The third-order valence-electron chi connectivity index (χ3n) is 6.90. The van der Waals surface area contributed by atoms with Crippen LogP contribution in [-0.4, -0.2) is 43.0 Å². The fourth-order valence-electron chi connectivity index (χ4n) is 4.91. The molecule has 1 saturated heterocycles. The topological polar surface area (TPSA) is 85.2 Å². The summed E-state index contributed by atoms with van der Waals surface area (Å²) in [7, 11) is 3.27. The Labute approximate surface area is 217 Å². The van der Waals surface area contributed by atoms with Crippen molar-refractivity contribution in [3.05, 3.63) is 93.5 Å². The molecule has 8 nitrogen and oxygen atoms in total. The SMILES string of the molecule is COc1cc(C)cc(OC)c1CN(Cc1ccccc1)C(=O)C1CCN(c2ccc([N+](=O)[O-])cc2)CC1. The highest BCUT2D eigenvalue weighted by atomic mass is 16.6. The normalized spacial score (nSPS) is 13.8. The van der Waals surface area contributed by atoms with Gasteiger partial charge in [-0.25, -0.2) is 0 Å². The highest BCUT2D eigenvalue weighted by Gasteiger charge is 2.30. The van der Waals surface area contributed by atoms with Gasteiger partial charge in [-0.15, -0.1) is 0 Å². The molecular weight excluding hydrogens is 470 g/mol. The van der Waals surface area contributed by atoms with Gasteiger partial charge in [0.25, 0.3) is 5.69 Å². The number of nitro benzene ring substituents is 1. The van der Waals surface area contributed by atoms with E-state index in [1.165, 1.54) is 12.1 Å². The number of benzene rings is 3. The lowest BCUT2D eigenvalue weighted by Crippen LogP contribution is -2.42. The van der Waals surface area contributed by atoms with Crippen LogP contribution in [0.2, 0.25) is 0 Å². The number of non-ortho nitro benzene ring substituents is 1. The first-order chi connectivity index (χ1) is 17.9. The summed E-state index contributed by atoms with van der Waals surface area (Å²) in [6.45, 7) is 4.28. The number of hydrogen-bond acceptors (Lipinski definition) is 6. The summed E-state index contributed by atoms with van der Waals surface area (Å²) in [5, 5.41) is 11.0. The van der Waals surface area contributed by atoms with Gasteiger partial charge in [0, 0.05) is 43.4 Å². The molecule has 1 aliphatic heterocycles. The fourth-order valence-corrected chi connectivity index (χ4v) is 4.91. The van der Waals surface area contributed by atoms with Crippen LogP contribution < -0.4 is 14.4 Å². The molecule has 0 unspecified atom stereocenters. The first kappa shape index (κ1) is 26.0. The van der Waals surface area contributed by atoms with Crippen LogP contribution in [0, 0.1) is 23.0 Å². The molecule has 3 aromatic rings. The largest absolute Gasteiger partial charge is 0.496 e. The van der Waals surface area contributed by atoms with Crippen molar-refractivity contribution < 1.29 is 19.2 Å². The van der Waals surface area contributed by atoms with Gasteiger partial charge in [0.1, 0.15) is 11.5 Å². The lowest BCUT2D eigenvalue weighted by molar-refractivity contribution is -0.384. The first-order valence-corrected chi connectivity index (χ1v) is 12.4. The molecule has 0 atom stereocenters. The quantitative estimate of drug-likeness (QED) is 0.288. The van der Waals surface area contributed by atoms with E-state index in [1.54, 1.807) is 26.4 Å². The number of nitrogens with zero attached hydrogens (tertiary/aromatic N) is 3. The molecule has 8 heteroatoms. The van der Waals surface area contributed by atoms with Crippen LogP contribution in [0.5, 0.6) is 11.5 Å². The molecule has 1 fully saturated rings. The highest BCUT2D eigenvalue weighted by Crippen LogP contribution is 2.33. The van der Waals surface area contributed by atoms with Crippen LogP contribution in [0.25, 0.3) is 0 Å². The Morgan fingerprint density at radius 3 is 2.11 bits per heavy atom. The number of methoxy groups -OCH3 is 2. The summed E-state index contributed by atoms with van der Waals surface area (Å²) in [5.74, 6) is 1.41. The van der Waals surface area contributed by atoms with E-state index in [0.29, 0.717) is 50.5 Å². The van der Waals surface area contributed by atoms with E-state index in [0.717, 1.165) is 22.4 Å². The van der Waals surface area contributed by atoms with E-state index in [2.05, 4.69) is 4.90 Å². The van der Waals surface area contributed by atoms with Crippen LogP contribution >= 0.6 is 0 Å². The van der Waals surface area contributed by atoms with Crippen molar-refractivity contribution in [3.8, 4) is 11.5 Å². The number of piperidine rings is 1. The van der Waals surface area contributed by atoms with Crippen LogP contribution in [0.3, 0.4) is 0 Å². The van der Waals surface area contributed by atoms with Gasteiger partial charge in [-0.1, -0.05) is 30.3 Å². The van der Waals surface area contributed by atoms with Crippen LogP contribution in [0.15, 0.2) is 66.7 Å². The Kier molecular flexibility index (Phi) is 8.28. The minimum atomic E-state index is -0.395. The van der Waals surface area contributed by atoms with Gasteiger partial charge in [0.2, 0.25) is 5.91 Å². The Hall–Kier alpha value is -4.07. The monoisotopic (exact) mass is 503 g/mol. The van der Waals surface area contributed by atoms with Gasteiger partial charge in [-0.2, -0.15) is 0 Å². The number of anilines is 1. The van der Waals surface area contributed by atoms with Gasteiger partial charge in [-0.05, 0) is 55.2 Å². The van der Waals surface area contributed by atoms with Gasteiger partial charge < -0.3 is 19.3 Å². The molecular formula is C29H33N3O5. The molecule has 194 valence electrons. The van der Waals surface area contributed by atoms with Crippen LogP contribution in [0.4, 0.5) is 11.4 Å². The second-order valence-corrected chi connectivity index (χ2v) is 9.36. The molecule has 1 aliphatic rings. The number of nitro groups is 1. The molecule has 0 N–H and O–H groups in total. The first-order valence-electron chi connectivity index (χ1n) is 12.4. The lowest BCUT2D eigenvalue weighted by atomic mass is 9.94. The second-order valence-electron chi connectivity index (χ2n) is 9.36. The molecule has 37 heavy (non-hydrogen) atoms. The average Bonchev–Trinajstić information content (AvgIpc) is 2.93. The molecule has 0 aromatic heterocycles. The standard InChI is InChI=1S/C29H33N3O5/c1-21-17-27(36-2)26(28(18-21)37-3)20-31(19-22-7-5-4-6-8-22)29(33)23-13-15-30(16-14-23)24-9-11-25(12-10-24)32(34)35/h4-12,17-18,23H,13-16,19-20H2,1-3H3. The second kappa shape index (κ2) is 11.8. The maximum atomic E-state index is 13.9. The number of ether oxygens (including phenoxy) is 2. The van der Waals surface area contributed by atoms with E-state index in [4.69, 9.17) is 9.47 Å². The number of rotatable bonds is 9. The van der Waals surface area contributed by atoms with E-state index < -0.39 is 4.92 Å². The smallest absolute Gasteiger partial charge is 0.269 e. The summed E-state index contributed by atoms with van der Waals surface area (Å²) >= 11 is 0. The molecule has 0 spiro atoms. The molecule has 3 aromatic carbocycles. The minimum absolute atomic E-state index is 0.0762. The zero-order valence-corrected chi connectivity index (χ0v) is 21.6. The van der Waals surface area contributed by atoms with Crippen molar-refractivity contribution in [1.82, 2.24) is 4.90 Å². The highest BCUT2D eigenvalue weighted by molar-refractivity contribution is 5.79. The van der Waals surface area contributed by atoms with E-state index >= 15 is 0 Å². The maximum Gasteiger partial charge on any atom is 0.269 e. The lowest BCUT2D eigenvalue weighted by Gasteiger charge is -2.35. The maximum absolute atomic E-state index is 13.9. The van der Waals surface area contributed by atoms with Crippen LogP contribution in [-0.2, 0) is 17.9 Å². The van der Waals surface area contributed by atoms with Crippen molar-refractivity contribution in [2.45, 2.75) is 32.9 Å².